The van der Waals surface area contributed by atoms with E-state index in [1.165, 1.54) is 22.3 Å². The zero-order chi connectivity index (χ0) is 20.9. The zero-order valence-electron chi connectivity index (χ0n) is 17.0. The van der Waals surface area contributed by atoms with Crippen LogP contribution in [0.1, 0.15) is 29.5 Å². The van der Waals surface area contributed by atoms with Crippen LogP contribution in [0, 0.1) is 6.92 Å². The van der Waals surface area contributed by atoms with E-state index in [0.717, 1.165) is 22.6 Å². The first-order valence-corrected chi connectivity index (χ1v) is 11.1. The number of thioether (sulfide) groups is 1. The molecule has 0 saturated carbocycles. The summed E-state index contributed by atoms with van der Waals surface area (Å²) in [4.78, 5) is 14.0. The van der Waals surface area contributed by atoms with Crippen molar-refractivity contribution in [2.45, 2.75) is 31.1 Å². The van der Waals surface area contributed by atoms with Gasteiger partial charge in [-0.25, -0.2) is 0 Å². The fraction of sp³-hybridized carbons (Fsp3) is 0.192. The molecular weight excluding hydrogens is 390 g/mol. The Kier molecular flexibility index (Phi) is 6.36. The number of hydrogen-bond acceptors (Lipinski definition) is 3. The molecule has 0 atom stereocenters. The number of hydrogen-bond donors (Lipinski definition) is 2. The molecule has 3 aromatic carbocycles. The second-order valence-corrected chi connectivity index (χ2v) is 8.44. The van der Waals surface area contributed by atoms with Gasteiger partial charge >= 0.3 is 0 Å². The summed E-state index contributed by atoms with van der Waals surface area (Å²) in [5.41, 5.74) is 7.84. The number of fused-ring (bicyclic) bond motifs is 3. The molecule has 30 heavy (non-hydrogen) atoms. The van der Waals surface area contributed by atoms with Gasteiger partial charge < -0.3 is 10.4 Å². The topological polar surface area (TPSA) is 49.3 Å². The van der Waals surface area contributed by atoms with Crippen LogP contribution in [0.25, 0.3) is 11.1 Å². The lowest BCUT2D eigenvalue weighted by Gasteiger charge is -2.11. The second-order valence-electron chi connectivity index (χ2n) is 7.53. The summed E-state index contributed by atoms with van der Waals surface area (Å²) in [6.07, 6.45) is 2.05. The van der Waals surface area contributed by atoms with Gasteiger partial charge in [0.25, 0.3) is 5.91 Å². The van der Waals surface area contributed by atoms with Crippen molar-refractivity contribution in [3.63, 3.8) is 0 Å². The lowest BCUT2D eigenvalue weighted by molar-refractivity contribution is -0.113. The average molecular weight is 416 g/mol. The normalized spacial score (nSPS) is 12.4. The van der Waals surface area contributed by atoms with Crippen molar-refractivity contribution >= 4 is 23.4 Å². The number of carbonyl (C=O) groups excluding carboxylic acids is 1. The molecule has 1 aliphatic rings. The molecule has 1 amide bonds. The molecule has 3 aromatic rings. The van der Waals surface area contributed by atoms with E-state index in [2.05, 4.69) is 47.8 Å². The molecule has 0 fully saturated rings. The number of aliphatic hydroxyl groups is 1. The Morgan fingerprint density at radius 3 is 2.60 bits per heavy atom. The first-order chi connectivity index (χ1) is 14.7. The van der Waals surface area contributed by atoms with Crippen LogP contribution in [0.5, 0.6) is 0 Å². The predicted octanol–water partition coefficient (Wildman–Crippen LogP) is 5.95. The summed E-state index contributed by atoms with van der Waals surface area (Å²) in [7, 11) is 0. The molecule has 2 N–H and O–H groups in total. The second kappa shape index (κ2) is 9.33. The quantitative estimate of drug-likeness (QED) is 0.289. The highest BCUT2D eigenvalue weighted by Crippen LogP contribution is 2.43. The summed E-state index contributed by atoms with van der Waals surface area (Å²) in [5, 5.41) is 14.2. The predicted molar refractivity (Wildman–Crippen MR) is 125 cm³/mol. The fourth-order valence-corrected chi connectivity index (χ4v) is 4.74. The van der Waals surface area contributed by atoms with Crippen LogP contribution in [0.15, 0.2) is 82.6 Å². The van der Waals surface area contributed by atoms with E-state index >= 15 is 0 Å². The Labute approximate surface area is 181 Å². The van der Waals surface area contributed by atoms with E-state index in [-0.39, 0.29) is 12.5 Å². The Morgan fingerprint density at radius 1 is 1.03 bits per heavy atom. The monoisotopic (exact) mass is 415 g/mol. The Bertz CT molecular complexity index is 1090. The molecule has 3 nitrogen and oxygen atoms in total. The van der Waals surface area contributed by atoms with Crippen molar-refractivity contribution in [2.75, 3.05) is 11.9 Å². The summed E-state index contributed by atoms with van der Waals surface area (Å²) < 4.78 is 0. The van der Waals surface area contributed by atoms with Crippen molar-refractivity contribution in [1.82, 2.24) is 0 Å². The highest BCUT2D eigenvalue weighted by molar-refractivity contribution is 8.02. The van der Waals surface area contributed by atoms with E-state index in [4.69, 9.17) is 0 Å². The molecule has 4 rings (SSSR count). The smallest absolute Gasteiger partial charge is 0.252 e. The number of rotatable bonds is 7. The molecule has 0 spiro atoms. The molecule has 0 heterocycles. The highest BCUT2D eigenvalue weighted by Gasteiger charge is 2.21. The van der Waals surface area contributed by atoms with Gasteiger partial charge in [0.2, 0.25) is 0 Å². The van der Waals surface area contributed by atoms with Crippen molar-refractivity contribution in [3.05, 3.63) is 94.4 Å². The van der Waals surface area contributed by atoms with Crippen molar-refractivity contribution in [2.24, 2.45) is 0 Å². The Hall–Kier alpha value is -2.82. The van der Waals surface area contributed by atoms with Crippen LogP contribution in [0.3, 0.4) is 0 Å². The minimum absolute atomic E-state index is 0.0634. The number of aliphatic hydroxyl groups excluding tert-OH is 1. The maximum Gasteiger partial charge on any atom is 0.252 e. The first kappa shape index (κ1) is 20.5. The number of carbonyl (C=O) groups is 1. The molecule has 1 aliphatic carbocycles. The maximum atomic E-state index is 12.9. The minimum Gasteiger partial charge on any atom is -0.396 e. The van der Waals surface area contributed by atoms with Gasteiger partial charge in [-0.05, 0) is 72.0 Å². The first-order valence-electron chi connectivity index (χ1n) is 10.2. The molecule has 0 radical (unpaired) electrons. The third kappa shape index (κ3) is 4.50. The maximum absolute atomic E-state index is 12.9. The molecule has 0 bridgehead atoms. The van der Waals surface area contributed by atoms with Crippen LogP contribution >= 0.6 is 11.8 Å². The minimum atomic E-state index is -0.118. The van der Waals surface area contributed by atoms with Gasteiger partial charge in [-0.2, -0.15) is 0 Å². The zero-order valence-corrected chi connectivity index (χ0v) is 17.8. The van der Waals surface area contributed by atoms with Gasteiger partial charge in [0.1, 0.15) is 0 Å². The van der Waals surface area contributed by atoms with Crippen LogP contribution in [-0.4, -0.2) is 17.6 Å². The molecule has 4 heteroatoms. The summed E-state index contributed by atoms with van der Waals surface area (Å²) in [6, 6.07) is 22.7. The molecule has 152 valence electrons. The Morgan fingerprint density at radius 2 is 1.80 bits per heavy atom. The van der Waals surface area contributed by atoms with E-state index in [0.29, 0.717) is 18.4 Å². The van der Waals surface area contributed by atoms with Gasteiger partial charge in [-0.15, -0.1) is 0 Å². The lowest BCUT2D eigenvalue weighted by atomic mass is 10.1. The number of nitrogens with one attached hydrogen (secondary N) is 1. The number of aryl methyl sites for hydroxylation is 1. The summed E-state index contributed by atoms with van der Waals surface area (Å²) in [5.74, 6) is -0.118. The average Bonchev–Trinajstić information content (AvgIpc) is 3.14. The summed E-state index contributed by atoms with van der Waals surface area (Å²) >= 11 is 1.58. The number of anilines is 1. The SMILES string of the molecule is Cc1ccc(NC(=O)/C(=C/Sc2cccc3c2-c2ccccc2C3)CCCO)cc1. The third-order valence-electron chi connectivity index (χ3n) is 5.31. The summed E-state index contributed by atoms with van der Waals surface area (Å²) in [6.45, 7) is 2.08. The van der Waals surface area contributed by atoms with Crippen molar-refractivity contribution in [1.29, 1.82) is 0 Å². The largest absolute Gasteiger partial charge is 0.396 e. The fourth-order valence-electron chi connectivity index (χ4n) is 3.73. The van der Waals surface area contributed by atoms with Crippen LogP contribution in [0.4, 0.5) is 5.69 Å². The van der Waals surface area contributed by atoms with Gasteiger partial charge in [-0.1, -0.05) is 65.9 Å². The van der Waals surface area contributed by atoms with E-state index < -0.39 is 0 Å². The van der Waals surface area contributed by atoms with E-state index in [9.17, 15) is 9.90 Å². The lowest BCUT2D eigenvalue weighted by Crippen LogP contribution is -2.14. The Balaban J connectivity index is 1.58. The van der Waals surface area contributed by atoms with Gasteiger partial charge in [-0.3, -0.25) is 4.79 Å². The van der Waals surface area contributed by atoms with Crippen molar-refractivity contribution < 1.29 is 9.90 Å². The number of amides is 1. The van der Waals surface area contributed by atoms with Crippen LogP contribution in [0.2, 0.25) is 0 Å². The van der Waals surface area contributed by atoms with Gasteiger partial charge in [0.05, 0.1) is 0 Å². The molecule has 0 aromatic heterocycles. The molecular formula is C26H25NO2S. The van der Waals surface area contributed by atoms with Gasteiger partial charge in [0, 0.05) is 22.8 Å². The molecule has 0 unspecified atom stereocenters. The van der Waals surface area contributed by atoms with E-state index in [1.54, 1.807) is 11.8 Å². The van der Waals surface area contributed by atoms with Crippen LogP contribution in [-0.2, 0) is 11.2 Å². The van der Waals surface area contributed by atoms with Crippen molar-refractivity contribution in [3.8, 4) is 11.1 Å². The van der Waals surface area contributed by atoms with Gasteiger partial charge in [0.15, 0.2) is 0 Å². The highest BCUT2D eigenvalue weighted by atomic mass is 32.2. The molecule has 0 saturated heterocycles. The molecule has 0 aliphatic heterocycles. The third-order valence-corrected chi connectivity index (χ3v) is 6.31. The standard InChI is InChI=1S/C26H25NO2S/c1-18-11-13-22(14-12-18)27-26(29)21(8-5-15-28)17-30-24-10-4-7-20-16-19-6-2-3-9-23(19)25(20)24/h2-4,6-7,9-14,17,28H,5,8,15-16H2,1H3,(H,27,29)/b21-17+. The van der Waals surface area contributed by atoms with Crippen LogP contribution < -0.4 is 5.32 Å². The van der Waals surface area contributed by atoms with E-state index in [1.807, 2.05) is 36.6 Å². The number of benzene rings is 3.